The number of hydrogen-bond donors (Lipinski definition) is 3. The molecule has 1 fully saturated rings. The number of benzene rings is 2. The molecule has 0 unspecified atom stereocenters. The first-order chi connectivity index (χ1) is 15.9. The highest BCUT2D eigenvalue weighted by molar-refractivity contribution is 6.08. The molecule has 33 heavy (non-hydrogen) atoms. The third kappa shape index (κ3) is 5.48. The number of amides is 2. The summed E-state index contributed by atoms with van der Waals surface area (Å²) in [5.41, 5.74) is 10.5. The summed E-state index contributed by atoms with van der Waals surface area (Å²) in [6.07, 6.45) is 1.68. The average Bonchev–Trinajstić information content (AvgIpc) is 2.81. The van der Waals surface area contributed by atoms with E-state index >= 15 is 0 Å². The van der Waals surface area contributed by atoms with Crippen LogP contribution in [0.2, 0.25) is 0 Å². The molecule has 4 N–H and O–H groups in total. The summed E-state index contributed by atoms with van der Waals surface area (Å²) in [4.78, 5) is 33.0. The van der Waals surface area contributed by atoms with E-state index in [0.29, 0.717) is 16.9 Å². The van der Waals surface area contributed by atoms with E-state index in [1.165, 1.54) is 12.6 Å². The van der Waals surface area contributed by atoms with Crippen molar-refractivity contribution in [3.05, 3.63) is 66.4 Å². The Morgan fingerprint density at radius 2 is 1.48 bits per heavy atom. The number of aromatic nitrogens is 1. The van der Waals surface area contributed by atoms with Crippen LogP contribution in [0.25, 0.3) is 11.1 Å². The highest BCUT2D eigenvalue weighted by Gasteiger charge is 2.16. The molecule has 170 valence electrons. The van der Waals surface area contributed by atoms with Crippen molar-refractivity contribution < 1.29 is 9.59 Å². The Morgan fingerprint density at radius 1 is 0.879 bits per heavy atom. The van der Waals surface area contributed by atoms with Crippen LogP contribution in [0.4, 0.5) is 22.9 Å². The normalized spacial score (nSPS) is 14.1. The molecule has 0 spiro atoms. The van der Waals surface area contributed by atoms with E-state index in [1.54, 1.807) is 36.5 Å². The van der Waals surface area contributed by atoms with Crippen LogP contribution in [0.3, 0.4) is 0 Å². The number of anilines is 4. The molecule has 0 aliphatic carbocycles. The minimum atomic E-state index is -0.344. The topological polar surface area (TPSA) is 104 Å². The van der Waals surface area contributed by atoms with Crippen molar-refractivity contribution in [2.45, 2.75) is 6.92 Å². The van der Waals surface area contributed by atoms with Gasteiger partial charge in [0.1, 0.15) is 5.82 Å². The number of piperazine rings is 1. The van der Waals surface area contributed by atoms with Crippen LogP contribution in [-0.4, -0.2) is 54.9 Å². The summed E-state index contributed by atoms with van der Waals surface area (Å²) in [6.45, 7) is 5.57. The number of nitrogens with zero attached hydrogens (tertiary/aromatic N) is 3. The zero-order valence-corrected chi connectivity index (χ0v) is 18.8. The van der Waals surface area contributed by atoms with Crippen molar-refractivity contribution in [1.29, 1.82) is 0 Å². The van der Waals surface area contributed by atoms with E-state index < -0.39 is 0 Å². The fourth-order valence-corrected chi connectivity index (χ4v) is 3.78. The van der Waals surface area contributed by atoms with Crippen LogP contribution in [0.1, 0.15) is 17.3 Å². The van der Waals surface area contributed by atoms with Gasteiger partial charge in [0, 0.05) is 61.9 Å². The molecule has 3 aromatic rings. The van der Waals surface area contributed by atoms with Crippen molar-refractivity contribution in [2.75, 3.05) is 54.5 Å². The molecule has 2 heterocycles. The second kappa shape index (κ2) is 9.70. The Labute approximate surface area is 193 Å². The van der Waals surface area contributed by atoms with Gasteiger partial charge in [-0.15, -0.1) is 0 Å². The van der Waals surface area contributed by atoms with Crippen molar-refractivity contribution in [2.24, 2.45) is 0 Å². The third-order valence-corrected chi connectivity index (χ3v) is 5.70. The number of nitrogen functional groups attached to an aromatic ring is 1. The number of hydrogen-bond acceptors (Lipinski definition) is 6. The SMILES string of the molecule is CC(=O)Nc1ccc(NC(=O)c2cc(-c3ccc(N4CCN(C)CC4)cc3)cnc2N)cc1. The molecule has 1 saturated heterocycles. The van der Waals surface area contributed by atoms with Gasteiger partial charge < -0.3 is 26.2 Å². The van der Waals surface area contributed by atoms with Crippen molar-refractivity contribution in [1.82, 2.24) is 9.88 Å². The zero-order valence-electron chi connectivity index (χ0n) is 18.8. The maximum atomic E-state index is 12.9. The molecule has 0 bridgehead atoms. The molecule has 4 rings (SSSR count). The van der Waals surface area contributed by atoms with Crippen LogP contribution in [-0.2, 0) is 4.79 Å². The quantitative estimate of drug-likeness (QED) is 0.558. The Bertz CT molecular complexity index is 1140. The lowest BCUT2D eigenvalue weighted by molar-refractivity contribution is -0.114. The largest absolute Gasteiger partial charge is 0.383 e. The second-order valence-electron chi connectivity index (χ2n) is 8.21. The lowest BCUT2D eigenvalue weighted by atomic mass is 10.0. The fraction of sp³-hybridized carbons (Fsp3) is 0.240. The lowest BCUT2D eigenvalue weighted by Gasteiger charge is -2.34. The van der Waals surface area contributed by atoms with Gasteiger partial charge in [0.2, 0.25) is 5.91 Å². The van der Waals surface area contributed by atoms with Crippen LogP contribution in [0.15, 0.2) is 60.8 Å². The van der Waals surface area contributed by atoms with Gasteiger partial charge >= 0.3 is 0 Å². The second-order valence-corrected chi connectivity index (χ2v) is 8.21. The highest BCUT2D eigenvalue weighted by Crippen LogP contribution is 2.26. The smallest absolute Gasteiger partial charge is 0.259 e. The van der Waals surface area contributed by atoms with Crippen LogP contribution < -0.4 is 21.3 Å². The molecular formula is C25H28N6O2. The zero-order chi connectivity index (χ0) is 23.4. The van der Waals surface area contributed by atoms with Gasteiger partial charge in [0.05, 0.1) is 5.56 Å². The van der Waals surface area contributed by atoms with Gasteiger partial charge in [-0.05, 0) is 55.1 Å². The summed E-state index contributed by atoms with van der Waals surface area (Å²) in [7, 11) is 2.14. The van der Waals surface area contributed by atoms with Crippen LogP contribution >= 0.6 is 0 Å². The van der Waals surface area contributed by atoms with Crippen molar-refractivity contribution >= 4 is 34.7 Å². The molecule has 8 nitrogen and oxygen atoms in total. The number of carbonyl (C=O) groups excluding carboxylic acids is 2. The van der Waals surface area contributed by atoms with E-state index in [-0.39, 0.29) is 17.6 Å². The number of rotatable bonds is 5. The van der Waals surface area contributed by atoms with E-state index in [2.05, 4.69) is 44.6 Å². The molecule has 0 radical (unpaired) electrons. The van der Waals surface area contributed by atoms with E-state index in [4.69, 9.17) is 5.73 Å². The first-order valence-electron chi connectivity index (χ1n) is 10.9. The number of carbonyl (C=O) groups is 2. The van der Waals surface area contributed by atoms with E-state index in [9.17, 15) is 9.59 Å². The Hall–Kier alpha value is -3.91. The summed E-state index contributed by atoms with van der Waals surface area (Å²) >= 11 is 0. The van der Waals surface area contributed by atoms with Gasteiger partial charge in [0.15, 0.2) is 0 Å². The lowest BCUT2D eigenvalue weighted by Crippen LogP contribution is -2.44. The molecule has 2 aromatic carbocycles. The summed E-state index contributed by atoms with van der Waals surface area (Å²) in [5.74, 6) is -0.331. The molecule has 0 saturated carbocycles. The minimum Gasteiger partial charge on any atom is -0.383 e. The van der Waals surface area contributed by atoms with Gasteiger partial charge in [-0.25, -0.2) is 4.98 Å². The predicted octanol–water partition coefficient (Wildman–Crippen LogP) is 3.29. The molecule has 0 atom stereocenters. The summed E-state index contributed by atoms with van der Waals surface area (Å²) in [5, 5.41) is 5.52. The standard InChI is InChI=1S/C25H28N6O2/c1-17(32)28-20-5-7-21(8-6-20)29-25(33)23-15-19(16-27-24(23)26)18-3-9-22(10-4-18)31-13-11-30(2)12-14-31/h3-10,15-16H,11-14H2,1-2H3,(H2,26,27)(H,28,32)(H,29,33). The number of likely N-dealkylation sites (N-methyl/N-ethyl adjacent to an activating group) is 1. The Balaban J connectivity index is 1.48. The molecule has 1 aromatic heterocycles. The monoisotopic (exact) mass is 444 g/mol. The number of nitrogens with two attached hydrogens (primary N) is 1. The maximum absolute atomic E-state index is 12.9. The van der Waals surface area contributed by atoms with Gasteiger partial charge in [-0.2, -0.15) is 0 Å². The average molecular weight is 445 g/mol. The van der Waals surface area contributed by atoms with Gasteiger partial charge in [0.25, 0.3) is 5.91 Å². The first-order valence-corrected chi connectivity index (χ1v) is 10.9. The van der Waals surface area contributed by atoms with Crippen LogP contribution in [0.5, 0.6) is 0 Å². The molecule has 1 aliphatic rings. The molecule has 8 heteroatoms. The Morgan fingerprint density at radius 3 is 2.09 bits per heavy atom. The van der Waals surface area contributed by atoms with E-state index in [1.807, 2.05) is 12.1 Å². The van der Waals surface area contributed by atoms with Gasteiger partial charge in [-0.3, -0.25) is 9.59 Å². The molecule has 2 amide bonds. The fourth-order valence-electron chi connectivity index (χ4n) is 3.78. The number of pyridine rings is 1. The van der Waals surface area contributed by atoms with Crippen molar-refractivity contribution in [3.63, 3.8) is 0 Å². The molecular weight excluding hydrogens is 416 g/mol. The highest BCUT2D eigenvalue weighted by atomic mass is 16.2. The minimum absolute atomic E-state index is 0.154. The summed E-state index contributed by atoms with van der Waals surface area (Å²) < 4.78 is 0. The molecule has 1 aliphatic heterocycles. The van der Waals surface area contributed by atoms with Crippen LogP contribution in [0, 0.1) is 0 Å². The van der Waals surface area contributed by atoms with E-state index in [0.717, 1.165) is 37.3 Å². The van der Waals surface area contributed by atoms with Gasteiger partial charge in [-0.1, -0.05) is 12.1 Å². The number of nitrogens with one attached hydrogen (secondary N) is 2. The maximum Gasteiger partial charge on any atom is 0.259 e. The first kappa shape index (κ1) is 22.3. The Kier molecular flexibility index (Phi) is 6.55. The third-order valence-electron chi connectivity index (χ3n) is 5.70. The van der Waals surface area contributed by atoms with Crippen molar-refractivity contribution in [3.8, 4) is 11.1 Å². The summed E-state index contributed by atoms with van der Waals surface area (Å²) in [6, 6.07) is 16.9. The predicted molar refractivity (Wildman–Crippen MR) is 132 cm³/mol.